The molecular formula is C30H23BrO5P2. The summed E-state index contributed by atoms with van der Waals surface area (Å²) < 4.78 is 46.8. The Bertz CT molecular complexity index is 1510. The largest absolute Gasteiger partial charge is 0.437 e. The van der Waals surface area contributed by atoms with Gasteiger partial charge < -0.3 is 12.9 Å². The van der Waals surface area contributed by atoms with Crippen molar-refractivity contribution >= 4 is 52.2 Å². The molecular weight excluding hydrogens is 582 g/mol. The van der Waals surface area contributed by atoms with Crippen LogP contribution in [0.3, 0.4) is 0 Å². The zero-order valence-electron chi connectivity index (χ0n) is 20.1. The third kappa shape index (κ3) is 5.35. The molecule has 0 heterocycles. The van der Waals surface area contributed by atoms with Crippen molar-refractivity contribution in [3.63, 3.8) is 0 Å². The molecule has 0 aliphatic carbocycles. The first kappa shape index (κ1) is 26.1. The van der Waals surface area contributed by atoms with Crippen molar-refractivity contribution in [2.45, 2.75) is 0 Å². The molecule has 0 aliphatic heterocycles. The molecule has 0 N–H and O–H groups in total. The van der Waals surface area contributed by atoms with Crippen LogP contribution < -0.4 is 34.1 Å². The van der Waals surface area contributed by atoms with Gasteiger partial charge in [0.25, 0.3) is 0 Å². The zero-order valence-corrected chi connectivity index (χ0v) is 23.5. The molecule has 0 fully saturated rings. The van der Waals surface area contributed by atoms with Gasteiger partial charge >= 0.3 is 14.7 Å². The summed E-state index contributed by atoms with van der Waals surface area (Å²) in [6.07, 6.45) is 0. The van der Waals surface area contributed by atoms with E-state index in [-0.39, 0.29) is 11.5 Å². The molecule has 0 amide bonds. The molecule has 5 nitrogen and oxygen atoms in total. The summed E-state index contributed by atoms with van der Waals surface area (Å²) in [4.78, 5) is 0. The third-order valence-electron chi connectivity index (χ3n) is 5.84. The molecule has 190 valence electrons. The van der Waals surface area contributed by atoms with E-state index in [0.717, 1.165) is 0 Å². The maximum Gasteiger partial charge on any atom is 0.306 e. The number of hydrogen-bond donors (Lipinski definition) is 0. The molecule has 0 aliphatic rings. The molecule has 0 aromatic heterocycles. The normalized spacial score (nSPS) is 11.5. The molecule has 0 saturated heterocycles. The summed E-state index contributed by atoms with van der Waals surface area (Å²) in [6.45, 7) is 0. The Morgan fingerprint density at radius 2 is 0.816 bits per heavy atom. The maximum absolute atomic E-state index is 14.5. The Kier molecular flexibility index (Phi) is 7.85. The first-order valence-corrected chi connectivity index (χ1v) is 15.7. The smallest absolute Gasteiger partial charge is 0.306 e. The average molecular weight is 605 g/mol. The van der Waals surface area contributed by atoms with Crippen molar-refractivity contribution < 1.29 is 22.0 Å². The van der Waals surface area contributed by atoms with Crippen LogP contribution in [-0.2, 0) is 9.13 Å². The minimum atomic E-state index is -3.60. The van der Waals surface area contributed by atoms with Crippen LogP contribution in [0.4, 0.5) is 0 Å². The van der Waals surface area contributed by atoms with Gasteiger partial charge in [-0.1, -0.05) is 72.8 Å². The summed E-state index contributed by atoms with van der Waals surface area (Å²) in [5, 5.41) is 2.15. The molecule has 0 unspecified atom stereocenters. The van der Waals surface area contributed by atoms with E-state index in [9.17, 15) is 9.13 Å². The van der Waals surface area contributed by atoms with Gasteiger partial charge in [0.2, 0.25) is 0 Å². The predicted octanol–water partition coefficient (Wildman–Crippen LogP) is 6.99. The van der Waals surface area contributed by atoms with Gasteiger partial charge in [-0.3, -0.25) is 9.13 Å². The Hall–Kier alpha value is -3.56. The maximum atomic E-state index is 14.5. The highest BCUT2D eigenvalue weighted by atomic mass is 79.9. The van der Waals surface area contributed by atoms with Gasteiger partial charge in [-0.15, -0.1) is 0 Å². The minimum absolute atomic E-state index is 0.170. The van der Waals surface area contributed by atoms with Crippen molar-refractivity contribution in [1.29, 1.82) is 0 Å². The lowest BCUT2D eigenvalue weighted by atomic mass is 10.3. The van der Waals surface area contributed by atoms with Crippen LogP contribution in [0, 0.1) is 0 Å². The Labute approximate surface area is 230 Å². The summed E-state index contributed by atoms with van der Waals surface area (Å²) in [5.41, 5.74) is 0. The quantitative estimate of drug-likeness (QED) is 0.170. The van der Waals surface area contributed by atoms with E-state index in [4.69, 9.17) is 12.9 Å². The molecule has 0 radical (unpaired) electrons. The van der Waals surface area contributed by atoms with Crippen LogP contribution >= 0.6 is 31.0 Å². The molecule has 5 rings (SSSR count). The fourth-order valence-electron chi connectivity index (χ4n) is 3.97. The standard InChI is InChI=1S/C30H23BrO5P2/c31-34-29-22-21-24(35-37(32,25-13-5-1-6-14-25)26-15-7-2-8-16-26)23-30(29)36-38(33,27-17-9-3-10-18-27)28-19-11-4-12-20-28/h1-23H. The predicted molar refractivity (Wildman–Crippen MR) is 157 cm³/mol. The van der Waals surface area contributed by atoms with E-state index in [0.29, 0.717) is 27.0 Å². The SMILES string of the molecule is O=P(Oc1ccc(OBr)c(OP(=O)(c2ccccc2)c2ccccc2)c1)(c1ccccc1)c1ccccc1. The first-order chi connectivity index (χ1) is 18.5. The molecule has 8 heteroatoms. The Morgan fingerprint density at radius 3 is 1.18 bits per heavy atom. The van der Waals surface area contributed by atoms with Crippen LogP contribution in [0.1, 0.15) is 0 Å². The molecule has 5 aromatic rings. The Morgan fingerprint density at radius 1 is 0.447 bits per heavy atom. The molecule has 5 aromatic carbocycles. The van der Waals surface area contributed by atoms with Crippen LogP contribution in [-0.4, -0.2) is 0 Å². The van der Waals surface area contributed by atoms with Gasteiger partial charge in [0, 0.05) is 6.07 Å². The second-order valence-electron chi connectivity index (χ2n) is 8.31. The van der Waals surface area contributed by atoms with Crippen LogP contribution in [0.5, 0.6) is 17.2 Å². The van der Waals surface area contributed by atoms with Crippen LogP contribution in [0.2, 0.25) is 0 Å². The van der Waals surface area contributed by atoms with E-state index < -0.39 is 14.7 Å². The lowest BCUT2D eigenvalue weighted by Crippen LogP contribution is -2.21. The summed E-state index contributed by atoms with van der Waals surface area (Å²) in [7, 11) is -7.13. The molecule has 38 heavy (non-hydrogen) atoms. The first-order valence-electron chi connectivity index (χ1n) is 11.8. The van der Waals surface area contributed by atoms with E-state index >= 15 is 0 Å². The van der Waals surface area contributed by atoms with Crippen molar-refractivity contribution in [3.8, 4) is 17.2 Å². The summed E-state index contributed by atoms with van der Waals surface area (Å²) in [6, 6.07) is 40.9. The number of hydrogen-bond acceptors (Lipinski definition) is 5. The summed E-state index contributed by atoms with van der Waals surface area (Å²) >= 11 is 3.02. The zero-order chi connectivity index (χ0) is 26.4. The highest BCUT2D eigenvalue weighted by Crippen LogP contribution is 2.51. The molecule has 0 bridgehead atoms. The second-order valence-corrected chi connectivity index (χ2v) is 13.3. The van der Waals surface area contributed by atoms with Crippen molar-refractivity contribution in [2.24, 2.45) is 0 Å². The highest BCUT2D eigenvalue weighted by molar-refractivity contribution is 9.06. The number of halogens is 1. The van der Waals surface area contributed by atoms with Gasteiger partial charge in [-0.25, -0.2) is 0 Å². The number of rotatable bonds is 9. The fourth-order valence-corrected chi connectivity index (χ4v) is 8.35. The lowest BCUT2D eigenvalue weighted by molar-refractivity contribution is 0.482. The van der Waals surface area contributed by atoms with E-state index in [2.05, 4.69) is 16.3 Å². The third-order valence-corrected chi connectivity index (χ3v) is 11.0. The topological polar surface area (TPSA) is 61.8 Å². The lowest BCUT2D eigenvalue weighted by Gasteiger charge is -2.23. The van der Waals surface area contributed by atoms with E-state index in [1.807, 2.05) is 72.8 Å². The average Bonchev–Trinajstić information content (AvgIpc) is 2.99. The van der Waals surface area contributed by atoms with Crippen molar-refractivity contribution in [1.82, 2.24) is 0 Å². The van der Waals surface area contributed by atoms with Crippen LogP contribution in [0.25, 0.3) is 0 Å². The second kappa shape index (κ2) is 11.4. The van der Waals surface area contributed by atoms with Gasteiger partial charge in [-0.2, -0.15) is 0 Å². The van der Waals surface area contributed by atoms with Gasteiger partial charge in [0.15, 0.2) is 27.8 Å². The molecule has 0 spiro atoms. The Balaban J connectivity index is 1.59. The van der Waals surface area contributed by atoms with Crippen molar-refractivity contribution in [2.75, 3.05) is 0 Å². The van der Waals surface area contributed by atoms with Gasteiger partial charge in [0.05, 0.1) is 21.2 Å². The van der Waals surface area contributed by atoms with Crippen LogP contribution in [0.15, 0.2) is 140 Å². The molecule has 0 atom stereocenters. The monoisotopic (exact) mass is 604 g/mol. The van der Waals surface area contributed by atoms with E-state index in [1.54, 1.807) is 66.7 Å². The van der Waals surface area contributed by atoms with Gasteiger partial charge in [0.1, 0.15) is 5.75 Å². The summed E-state index contributed by atoms with van der Waals surface area (Å²) in [5.74, 6) is 0.735. The van der Waals surface area contributed by atoms with E-state index in [1.165, 1.54) is 0 Å². The van der Waals surface area contributed by atoms with Gasteiger partial charge in [-0.05, 0) is 60.7 Å². The van der Waals surface area contributed by atoms with Crippen molar-refractivity contribution in [3.05, 3.63) is 140 Å². The molecule has 0 saturated carbocycles. The highest BCUT2D eigenvalue weighted by Gasteiger charge is 2.33. The fraction of sp³-hybridized carbons (Fsp3) is 0. The number of benzene rings is 5. The minimum Gasteiger partial charge on any atom is -0.437 e.